The molecule has 7 heteroatoms. The van der Waals surface area contributed by atoms with Crippen LogP contribution in [0, 0.1) is 11.8 Å². The van der Waals surface area contributed by atoms with E-state index in [1.54, 1.807) is 0 Å². The van der Waals surface area contributed by atoms with Gasteiger partial charge in [0.25, 0.3) is 0 Å². The average Bonchev–Trinajstić information content (AvgIpc) is 3.23. The molecule has 0 spiro atoms. The summed E-state index contributed by atoms with van der Waals surface area (Å²) in [6.07, 6.45) is 3.73. The van der Waals surface area contributed by atoms with Crippen molar-refractivity contribution in [2.24, 2.45) is 11.8 Å². The highest BCUT2D eigenvalue weighted by molar-refractivity contribution is 7.89. The maximum absolute atomic E-state index is 12.2. The van der Waals surface area contributed by atoms with Crippen molar-refractivity contribution in [3.63, 3.8) is 0 Å². The van der Waals surface area contributed by atoms with E-state index < -0.39 is 10.0 Å². The number of aromatic nitrogens is 1. The van der Waals surface area contributed by atoms with Crippen LogP contribution in [0.1, 0.15) is 26.7 Å². The summed E-state index contributed by atoms with van der Waals surface area (Å²) in [6, 6.07) is 1.43. The van der Waals surface area contributed by atoms with E-state index in [1.165, 1.54) is 25.1 Å². The molecular weight excluding hydrogens is 298 g/mol. The van der Waals surface area contributed by atoms with Crippen LogP contribution in [0.25, 0.3) is 0 Å². The number of anilines is 1. The molecule has 0 saturated heterocycles. The summed E-state index contributed by atoms with van der Waals surface area (Å²) in [6.45, 7) is 5.12. The molecule has 1 aliphatic rings. The minimum Gasteiger partial charge on any atom is -0.369 e. The van der Waals surface area contributed by atoms with Crippen LogP contribution >= 0.6 is 11.6 Å². The van der Waals surface area contributed by atoms with Gasteiger partial charge in [-0.1, -0.05) is 18.5 Å². The zero-order chi connectivity index (χ0) is 14.8. The number of nitrogens with one attached hydrogen (secondary N) is 2. The van der Waals surface area contributed by atoms with E-state index in [-0.39, 0.29) is 4.90 Å². The molecule has 20 heavy (non-hydrogen) atoms. The van der Waals surface area contributed by atoms with Gasteiger partial charge in [-0.05, 0) is 37.7 Å². The lowest BCUT2D eigenvalue weighted by Gasteiger charge is -2.12. The summed E-state index contributed by atoms with van der Waals surface area (Å²) in [5.74, 6) is 1.53. The van der Waals surface area contributed by atoms with Crippen LogP contribution in [0.2, 0.25) is 5.02 Å². The van der Waals surface area contributed by atoms with E-state index in [9.17, 15) is 8.42 Å². The van der Waals surface area contributed by atoms with Gasteiger partial charge < -0.3 is 5.32 Å². The van der Waals surface area contributed by atoms with Gasteiger partial charge >= 0.3 is 0 Å². The summed E-state index contributed by atoms with van der Waals surface area (Å²) in [7, 11) is -3.54. The molecule has 0 radical (unpaired) electrons. The normalized spacial score (nSPS) is 16.9. The highest BCUT2D eigenvalue weighted by Crippen LogP contribution is 2.36. The molecule has 1 fully saturated rings. The Hall–Kier alpha value is -0.850. The Morgan fingerprint density at radius 1 is 1.50 bits per heavy atom. The third kappa shape index (κ3) is 3.84. The molecule has 1 aromatic rings. The molecule has 2 rings (SSSR count). The zero-order valence-corrected chi connectivity index (χ0v) is 13.3. The van der Waals surface area contributed by atoms with Gasteiger partial charge in [0, 0.05) is 19.3 Å². The minimum absolute atomic E-state index is 0.104. The first-order chi connectivity index (χ1) is 9.44. The van der Waals surface area contributed by atoms with Crippen LogP contribution in [0.15, 0.2) is 17.2 Å². The van der Waals surface area contributed by atoms with Crippen LogP contribution in [-0.2, 0) is 10.0 Å². The zero-order valence-electron chi connectivity index (χ0n) is 11.7. The summed E-state index contributed by atoms with van der Waals surface area (Å²) >= 11 is 6.02. The molecular formula is C13H20ClN3O2S. The summed E-state index contributed by atoms with van der Waals surface area (Å²) in [5, 5.41) is 3.28. The molecule has 1 atom stereocenters. The quantitative estimate of drug-likeness (QED) is 0.810. The van der Waals surface area contributed by atoms with Crippen molar-refractivity contribution in [3.05, 3.63) is 17.3 Å². The molecule has 112 valence electrons. The van der Waals surface area contributed by atoms with Gasteiger partial charge in [0.15, 0.2) is 0 Å². The first-order valence-corrected chi connectivity index (χ1v) is 8.69. The Labute approximate surface area is 125 Å². The molecule has 1 unspecified atom stereocenters. The lowest BCUT2D eigenvalue weighted by Crippen LogP contribution is -2.29. The summed E-state index contributed by atoms with van der Waals surface area (Å²) in [4.78, 5) is 4.15. The predicted octanol–water partition coefficient (Wildman–Crippen LogP) is 2.49. The summed E-state index contributed by atoms with van der Waals surface area (Å²) in [5.41, 5.74) is 0. The van der Waals surface area contributed by atoms with E-state index in [1.807, 2.05) is 6.92 Å². The Balaban J connectivity index is 2.06. The molecule has 0 bridgehead atoms. The molecule has 2 N–H and O–H groups in total. The van der Waals surface area contributed by atoms with Crippen LogP contribution < -0.4 is 10.0 Å². The van der Waals surface area contributed by atoms with Gasteiger partial charge in [-0.3, -0.25) is 0 Å². The Morgan fingerprint density at radius 3 is 2.75 bits per heavy atom. The van der Waals surface area contributed by atoms with Crippen molar-refractivity contribution in [1.29, 1.82) is 0 Å². The molecule has 5 nitrogen and oxygen atoms in total. The SMILES string of the molecule is CCNc1ncc(S(=O)(=O)NCC(C)C2CC2)cc1Cl. The van der Waals surface area contributed by atoms with Gasteiger partial charge in [-0.2, -0.15) is 0 Å². The first-order valence-electron chi connectivity index (χ1n) is 6.83. The van der Waals surface area contributed by atoms with Crippen molar-refractivity contribution in [1.82, 2.24) is 9.71 Å². The predicted molar refractivity (Wildman–Crippen MR) is 80.5 cm³/mol. The second-order valence-corrected chi connectivity index (χ2v) is 7.37. The maximum atomic E-state index is 12.2. The Morgan fingerprint density at radius 2 is 2.20 bits per heavy atom. The second-order valence-electron chi connectivity index (χ2n) is 5.20. The topological polar surface area (TPSA) is 71.1 Å². The van der Waals surface area contributed by atoms with Gasteiger partial charge in [0.2, 0.25) is 10.0 Å². The number of hydrogen-bond acceptors (Lipinski definition) is 4. The van der Waals surface area contributed by atoms with E-state index in [0.717, 1.165) is 0 Å². The van der Waals surface area contributed by atoms with Crippen molar-refractivity contribution in [2.45, 2.75) is 31.6 Å². The van der Waals surface area contributed by atoms with Crippen LogP contribution in [0.4, 0.5) is 5.82 Å². The molecule has 1 saturated carbocycles. The van der Waals surface area contributed by atoms with Crippen LogP contribution in [0.3, 0.4) is 0 Å². The maximum Gasteiger partial charge on any atom is 0.242 e. The second kappa shape index (κ2) is 6.28. The Kier molecular flexibility index (Phi) is 4.88. The number of nitrogens with zero attached hydrogens (tertiary/aromatic N) is 1. The minimum atomic E-state index is -3.54. The van der Waals surface area contributed by atoms with Crippen molar-refractivity contribution in [3.8, 4) is 0 Å². The number of sulfonamides is 1. The van der Waals surface area contributed by atoms with Gasteiger partial charge in [-0.15, -0.1) is 0 Å². The van der Waals surface area contributed by atoms with Gasteiger partial charge in [0.05, 0.1) is 5.02 Å². The highest BCUT2D eigenvalue weighted by Gasteiger charge is 2.29. The first kappa shape index (κ1) is 15.5. The third-order valence-corrected chi connectivity index (χ3v) is 5.17. The number of halogens is 1. The molecule has 1 heterocycles. The molecule has 0 aliphatic heterocycles. The van der Waals surface area contributed by atoms with Gasteiger partial charge in [0.1, 0.15) is 10.7 Å². The summed E-state index contributed by atoms with van der Waals surface area (Å²) < 4.78 is 27.0. The number of pyridine rings is 1. The van der Waals surface area contributed by atoms with E-state index in [2.05, 4.69) is 21.9 Å². The largest absolute Gasteiger partial charge is 0.369 e. The Bertz CT molecular complexity index is 573. The highest BCUT2D eigenvalue weighted by atomic mass is 35.5. The fourth-order valence-electron chi connectivity index (χ4n) is 2.02. The average molecular weight is 318 g/mol. The molecule has 0 aromatic carbocycles. The van der Waals surface area contributed by atoms with Crippen molar-refractivity contribution in [2.75, 3.05) is 18.4 Å². The smallest absolute Gasteiger partial charge is 0.242 e. The fourth-order valence-corrected chi connectivity index (χ4v) is 3.43. The molecule has 0 amide bonds. The van der Waals surface area contributed by atoms with E-state index in [0.29, 0.717) is 35.8 Å². The van der Waals surface area contributed by atoms with Crippen LogP contribution in [0.5, 0.6) is 0 Å². The van der Waals surface area contributed by atoms with Gasteiger partial charge in [-0.25, -0.2) is 18.1 Å². The van der Waals surface area contributed by atoms with Crippen molar-refractivity contribution >= 4 is 27.4 Å². The lowest BCUT2D eigenvalue weighted by atomic mass is 10.1. The van der Waals surface area contributed by atoms with Crippen LogP contribution in [-0.4, -0.2) is 26.5 Å². The standard InChI is InChI=1S/C13H20ClN3O2S/c1-3-15-13-12(14)6-11(8-16-13)20(18,19)17-7-9(2)10-4-5-10/h6,8-10,17H,3-5,7H2,1-2H3,(H,15,16). The monoisotopic (exact) mass is 317 g/mol. The van der Waals surface area contributed by atoms with Crippen molar-refractivity contribution < 1.29 is 8.42 Å². The number of rotatable bonds is 7. The molecule has 1 aliphatic carbocycles. The fraction of sp³-hybridized carbons (Fsp3) is 0.615. The number of hydrogen-bond donors (Lipinski definition) is 2. The third-order valence-electron chi connectivity index (χ3n) is 3.49. The molecule has 1 aromatic heterocycles. The van der Waals surface area contributed by atoms with E-state index in [4.69, 9.17) is 11.6 Å². The lowest BCUT2D eigenvalue weighted by molar-refractivity contribution is 0.491. The van der Waals surface area contributed by atoms with E-state index >= 15 is 0 Å².